The van der Waals surface area contributed by atoms with Gasteiger partial charge in [-0.2, -0.15) is 12.6 Å². The van der Waals surface area contributed by atoms with E-state index in [0.29, 0.717) is 5.76 Å². The molecule has 0 aliphatic rings. The molecule has 0 N–H and O–H groups in total. The van der Waals surface area contributed by atoms with Crippen LogP contribution in [0.2, 0.25) is 0 Å². The van der Waals surface area contributed by atoms with Crippen LogP contribution in [-0.2, 0) is 16.1 Å². The zero-order valence-electron chi connectivity index (χ0n) is 7.61. The third-order valence-corrected chi connectivity index (χ3v) is 1.61. The summed E-state index contributed by atoms with van der Waals surface area (Å²) in [7, 11) is 0. The van der Waals surface area contributed by atoms with E-state index in [1.54, 1.807) is 26.0 Å². The molecule has 1 aromatic rings. The Labute approximate surface area is 82.5 Å². The van der Waals surface area contributed by atoms with Crippen molar-refractivity contribution in [3.8, 4) is 0 Å². The number of rotatable bonds is 3. The van der Waals surface area contributed by atoms with Gasteiger partial charge in [0.15, 0.2) is 0 Å². The molecule has 0 amide bonds. The molecule has 72 valence electrons. The molecule has 0 saturated carbocycles. The van der Waals surface area contributed by atoms with Crippen molar-refractivity contribution < 1.29 is 13.9 Å². The maximum absolute atomic E-state index is 11.2. The number of ether oxygens (including phenoxy) is 1. The van der Waals surface area contributed by atoms with Crippen LogP contribution in [0.1, 0.15) is 19.6 Å². The Balaban J connectivity index is 2.40. The first-order valence-corrected chi connectivity index (χ1v) is 4.37. The van der Waals surface area contributed by atoms with Gasteiger partial charge in [0, 0.05) is 0 Å². The van der Waals surface area contributed by atoms with Crippen LogP contribution < -0.4 is 0 Å². The second-order valence-corrected chi connectivity index (χ2v) is 4.33. The lowest BCUT2D eigenvalue weighted by atomic mass is 10.2. The highest BCUT2D eigenvalue weighted by Crippen LogP contribution is 2.15. The van der Waals surface area contributed by atoms with Crippen LogP contribution in [0.15, 0.2) is 22.8 Å². The van der Waals surface area contributed by atoms with Crippen molar-refractivity contribution in [3.05, 3.63) is 24.2 Å². The molecule has 0 aliphatic heterocycles. The lowest BCUT2D eigenvalue weighted by Crippen LogP contribution is -2.27. The molecular formula is C9H12O3S. The van der Waals surface area contributed by atoms with Gasteiger partial charge in [-0.1, -0.05) is 0 Å². The summed E-state index contributed by atoms with van der Waals surface area (Å²) >= 11 is 4.08. The Morgan fingerprint density at radius 3 is 2.85 bits per heavy atom. The normalized spacial score (nSPS) is 11.3. The Morgan fingerprint density at radius 1 is 1.69 bits per heavy atom. The largest absolute Gasteiger partial charge is 0.466 e. The van der Waals surface area contributed by atoms with E-state index < -0.39 is 4.75 Å². The van der Waals surface area contributed by atoms with Gasteiger partial charge in [-0.05, 0) is 26.0 Å². The summed E-state index contributed by atoms with van der Waals surface area (Å²) in [4.78, 5) is 11.2. The fourth-order valence-corrected chi connectivity index (χ4v) is 0.773. The molecule has 0 bridgehead atoms. The van der Waals surface area contributed by atoms with Crippen LogP contribution in [0.25, 0.3) is 0 Å². The van der Waals surface area contributed by atoms with E-state index >= 15 is 0 Å². The van der Waals surface area contributed by atoms with Gasteiger partial charge in [0.2, 0.25) is 0 Å². The fraction of sp³-hybridized carbons (Fsp3) is 0.444. The number of thiol groups is 1. The van der Waals surface area contributed by atoms with Crippen molar-refractivity contribution in [1.29, 1.82) is 0 Å². The minimum absolute atomic E-state index is 0.163. The molecule has 0 spiro atoms. The number of carbonyl (C=O) groups excluding carboxylic acids is 1. The standard InChI is InChI=1S/C9H12O3S/c1-9(2,13)8(10)12-6-7-4-3-5-11-7/h3-5,13H,6H2,1-2H3. The second-order valence-electron chi connectivity index (χ2n) is 3.21. The van der Waals surface area contributed by atoms with E-state index in [4.69, 9.17) is 9.15 Å². The summed E-state index contributed by atoms with van der Waals surface area (Å²) in [6, 6.07) is 3.49. The maximum atomic E-state index is 11.2. The topological polar surface area (TPSA) is 39.4 Å². The average Bonchev–Trinajstić information content (AvgIpc) is 2.50. The smallest absolute Gasteiger partial charge is 0.321 e. The lowest BCUT2D eigenvalue weighted by Gasteiger charge is -2.14. The highest BCUT2D eigenvalue weighted by molar-refractivity contribution is 7.82. The van der Waals surface area contributed by atoms with Crippen molar-refractivity contribution >= 4 is 18.6 Å². The van der Waals surface area contributed by atoms with Crippen molar-refractivity contribution in [2.24, 2.45) is 0 Å². The highest BCUT2D eigenvalue weighted by atomic mass is 32.1. The van der Waals surface area contributed by atoms with Gasteiger partial charge in [-0.15, -0.1) is 0 Å². The van der Waals surface area contributed by atoms with Gasteiger partial charge in [0.25, 0.3) is 0 Å². The first-order chi connectivity index (χ1) is 6.00. The van der Waals surface area contributed by atoms with E-state index in [9.17, 15) is 4.79 Å². The van der Waals surface area contributed by atoms with Gasteiger partial charge in [-0.3, -0.25) is 4.79 Å². The van der Waals surface area contributed by atoms with E-state index in [2.05, 4.69) is 12.6 Å². The number of hydrogen-bond donors (Lipinski definition) is 1. The predicted octanol–water partition coefficient (Wildman–Crippen LogP) is 2.03. The molecule has 1 heterocycles. The number of furan rings is 1. The van der Waals surface area contributed by atoms with Gasteiger partial charge in [0.1, 0.15) is 17.1 Å². The molecule has 3 nitrogen and oxygen atoms in total. The average molecular weight is 200 g/mol. The number of hydrogen-bond acceptors (Lipinski definition) is 4. The SMILES string of the molecule is CC(C)(S)C(=O)OCc1ccco1. The first-order valence-electron chi connectivity index (χ1n) is 3.92. The summed E-state index contributed by atoms with van der Waals surface area (Å²) in [6.45, 7) is 3.52. The Morgan fingerprint density at radius 2 is 2.38 bits per heavy atom. The van der Waals surface area contributed by atoms with Gasteiger partial charge >= 0.3 is 5.97 Å². The molecule has 0 radical (unpaired) electrons. The molecule has 0 fully saturated rings. The predicted molar refractivity (Wildman–Crippen MR) is 51.6 cm³/mol. The lowest BCUT2D eigenvalue weighted by molar-refractivity contribution is -0.147. The molecule has 1 aromatic heterocycles. The molecule has 0 saturated heterocycles. The zero-order valence-corrected chi connectivity index (χ0v) is 8.51. The quantitative estimate of drug-likeness (QED) is 0.599. The maximum Gasteiger partial charge on any atom is 0.321 e. The van der Waals surface area contributed by atoms with Crippen molar-refractivity contribution in [3.63, 3.8) is 0 Å². The van der Waals surface area contributed by atoms with Gasteiger partial charge < -0.3 is 9.15 Å². The van der Waals surface area contributed by atoms with E-state index in [1.165, 1.54) is 6.26 Å². The van der Waals surface area contributed by atoms with Crippen LogP contribution in [0.3, 0.4) is 0 Å². The first kappa shape index (κ1) is 10.2. The van der Waals surface area contributed by atoms with Gasteiger partial charge in [-0.25, -0.2) is 0 Å². The minimum Gasteiger partial charge on any atom is -0.466 e. The molecule has 4 heteroatoms. The molecule has 0 unspecified atom stereocenters. The molecule has 0 aromatic carbocycles. The van der Waals surface area contributed by atoms with Crippen molar-refractivity contribution in [2.45, 2.75) is 25.2 Å². The molecule has 13 heavy (non-hydrogen) atoms. The van der Waals surface area contributed by atoms with Crippen molar-refractivity contribution in [2.75, 3.05) is 0 Å². The fourth-order valence-electron chi connectivity index (χ4n) is 0.708. The van der Waals surface area contributed by atoms with Crippen LogP contribution in [0.5, 0.6) is 0 Å². The molecular weight excluding hydrogens is 188 g/mol. The van der Waals surface area contributed by atoms with E-state index in [0.717, 1.165) is 0 Å². The summed E-state index contributed by atoms with van der Waals surface area (Å²) < 4.78 is 9.18. The Kier molecular flexibility index (Phi) is 3.03. The monoisotopic (exact) mass is 200 g/mol. The third-order valence-electron chi connectivity index (χ3n) is 1.43. The summed E-state index contributed by atoms with van der Waals surface area (Å²) in [6.07, 6.45) is 1.54. The molecule has 1 rings (SSSR count). The minimum atomic E-state index is -0.757. The Bertz CT molecular complexity index is 272. The second kappa shape index (κ2) is 3.87. The Hall–Kier alpha value is -0.900. The van der Waals surface area contributed by atoms with Crippen LogP contribution in [0.4, 0.5) is 0 Å². The van der Waals surface area contributed by atoms with Crippen LogP contribution >= 0.6 is 12.6 Å². The van der Waals surface area contributed by atoms with Crippen LogP contribution in [0, 0.1) is 0 Å². The number of esters is 1. The van der Waals surface area contributed by atoms with Crippen molar-refractivity contribution in [1.82, 2.24) is 0 Å². The van der Waals surface area contributed by atoms with Gasteiger partial charge in [0.05, 0.1) is 6.26 Å². The summed E-state index contributed by atoms with van der Waals surface area (Å²) in [5, 5.41) is 0. The van der Waals surface area contributed by atoms with E-state index in [1.807, 2.05) is 0 Å². The van der Waals surface area contributed by atoms with Crippen LogP contribution in [-0.4, -0.2) is 10.7 Å². The molecule has 0 aliphatic carbocycles. The molecule has 0 atom stereocenters. The highest BCUT2D eigenvalue weighted by Gasteiger charge is 2.24. The summed E-state index contributed by atoms with van der Waals surface area (Å²) in [5.41, 5.74) is 0. The third kappa shape index (κ3) is 3.14. The number of carbonyl (C=O) groups is 1. The summed E-state index contributed by atoms with van der Waals surface area (Å²) in [5.74, 6) is 0.276. The van der Waals surface area contributed by atoms with E-state index in [-0.39, 0.29) is 12.6 Å². The zero-order chi connectivity index (χ0) is 9.90.